The molecule has 1 aliphatic heterocycles. The number of thioether (sulfide) groups is 1. The Kier molecular flexibility index (Phi) is 10.6. The summed E-state index contributed by atoms with van der Waals surface area (Å²) in [5.74, 6) is 2.13. The maximum absolute atomic E-state index is 12.9. The summed E-state index contributed by atoms with van der Waals surface area (Å²) in [6.45, 7) is 0.182. The molecule has 12 nitrogen and oxygen atoms in total. The molecule has 1 N–H and O–H groups in total. The molecule has 3 heterocycles. The predicted molar refractivity (Wildman–Crippen MR) is 190 cm³/mol. The average Bonchev–Trinajstić information content (AvgIpc) is 3.75. The van der Waals surface area contributed by atoms with Gasteiger partial charge in [-0.15, -0.1) is 11.8 Å². The van der Waals surface area contributed by atoms with Gasteiger partial charge in [0.15, 0.2) is 11.2 Å². The Labute approximate surface area is 289 Å². The van der Waals surface area contributed by atoms with Gasteiger partial charge in [0.2, 0.25) is 5.95 Å². The van der Waals surface area contributed by atoms with Crippen LogP contribution < -0.4 is 15.0 Å². The van der Waals surface area contributed by atoms with Crippen molar-refractivity contribution in [1.82, 2.24) is 24.4 Å². The van der Waals surface area contributed by atoms with E-state index < -0.39 is 17.9 Å². The lowest BCUT2D eigenvalue weighted by Crippen LogP contribution is -2.38. The smallest absolute Gasteiger partial charge is 0.280 e. The molecule has 1 fully saturated rings. The second-order valence-electron chi connectivity index (χ2n) is 11.7. The van der Waals surface area contributed by atoms with E-state index in [0.29, 0.717) is 18.0 Å². The number of hydrogen-bond acceptors (Lipinski definition) is 10. The number of nitrogens with one attached hydrogen (secondary N) is 1. The molecular weight excluding hydrogens is 644 g/mol. The highest BCUT2D eigenvalue weighted by Crippen LogP contribution is 2.43. The number of rotatable bonds is 14. The summed E-state index contributed by atoms with van der Waals surface area (Å²) < 4.78 is 33.0. The summed E-state index contributed by atoms with van der Waals surface area (Å²) in [5.41, 5.74) is 1.94. The molecular formula is C36H40N6O6S. The van der Waals surface area contributed by atoms with Crippen molar-refractivity contribution in [1.29, 1.82) is 0 Å². The Balaban J connectivity index is 1.38. The van der Waals surface area contributed by atoms with Gasteiger partial charge in [-0.05, 0) is 47.2 Å². The van der Waals surface area contributed by atoms with Crippen molar-refractivity contribution in [3.05, 3.63) is 112 Å². The van der Waals surface area contributed by atoms with E-state index in [0.717, 1.165) is 28.2 Å². The lowest BCUT2D eigenvalue weighted by atomic mass is 9.80. The summed E-state index contributed by atoms with van der Waals surface area (Å²) in [5, 5.41) is 0. The first-order valence-corrected chi connectivity index (χ1v) is 17.2. The molecule has 1 saturated heterocycles. The minimum absolute atomic E-state index is 0.174. The maximum atomic E-state index is 12.9. The normalized spacial score (nSPS) is 17.9. The number of imidazole rings is 1. The SMILES string of the molecule is COc1ccc(C(OC[C@H]2O[C@@H](n3cnc4c(=O)[nH]c(N=CN(C)C)nc43)CC2OCSC)(c2ccccc2)c2ccc(OC)cc2)cc1. The van der Waals surface area contributed by atoms with E-state index in [1.807, 2.05) is 87.1 Å². The number of benzene rings is 3. The van der Waals surface area contributed by atoms with Crippen molar-refractivity contribution in [3.8, 4) is 11.5 Å². The number of nitrogens with zero attached hydrogens (tertiary/aromatic N) is 5. The molecule has 3 aromatic carbocycles. The molecule has 49 heavy (non-hydrogen) atoms. The second kappa shape index (κ2) is 15.2. The first-order chi connectivity index (χ1) is 23.9. The van der Waals surface area contributed by atoms with Gasteiger partial charge in [-0.25, -0.2) is 9.98 Å². The third-order valence-electron chi connectivity index (χ3n) is 8.36. The fourth-order valence-electron chi connectivity index (χ4n) is 5.99. The van der Waals surface area contributed by atoms with Crippen LogP contribution >= 0.6 is 11.8 Å². The Bertz CT molecular complexity index is 1870. The van der Waals surface area contributed by atoms with Gasteiger partial charge in [0.25, 0.3) is 5.56 Å². The fraction of sp³-hybridized carbons (Fsp3) is 0.333. The van der Waals surface area contributed by atoms with Crippen LogP contribution in [0.15, 0.2) is 95.0 Å². The molecule has 0 spiro atoms. The van der Waals surface area contributed by atoms with E-state index in [1.165, 1.54) is 0 Å². The molecule has 256 valence electrons. The lowest BCUT2D eigenvalue weighted by molar-refractivity contribution is -0.0991. The van der Waals surface area contributed by atoms with E-state index in [1.54, 1.807) is 48.1 Å². The van der Waals surface area contributed by atoms with Crippen LogP contribution in [0.4, 0.5) is 5.95 Å². The molecule has 1 unspecified atom stereocenters. The predicted octanol–water partition coefficient (Wildman–Crippen LogP) is 5.36. The van der Waals surface area contributed by atoms with E-state index in [4.69, 9.17) is 23.7 Å². The lowest BCUT2D eigenvalue weighted by Gasteiger charge is -2.37. The molecule has 0 bridgehead atoms. The van der Waals surface area contributed by atoms with Crippen molar-refractivity contribution in [2.75, 3.05) is 47.1 Å². The number of aliphatic imine (C=N–C) groups is 1. The maximum Gasteiger partial charge on any atom is 0.280 e. The molecule has 2 aromatic heterocycles. The summed E-state index contributed by atoms with van der Waals surface area (Å²) in [7, 11) is 6.97. The van der Waals surface area contributed by atoms with Gasteiger partial charge in [0, 0.05) is 20.5 Å². The van der Waals surface area contributed by atoms with Gasteiger partial charge >= 0.3 is 0 Å². The highest BCUT2D eigenvalue weighted by atomic mass is 32.2. The van der Waals surface area contributed by atoms with Crippen molar-refractivity contribution in [2.24, 2.45) is 4.99 Å². The number of ether oxygens (including phenoxy) is 5. The number of H-pyrrole nitrogens is 1. The Morgan fingerprint density at radius 3 is 2.22 bits per heavy atom. The zero-order valence-electron chi connectivity index (χ0n) is 28.1. The van der Waals surface area contributed by atoms with Crippen molar-refractivity contribution in [3.63, 3.8) is 0 Å². The molecule has 0 aliphatic carbocycles. The van der Waals surface area contributed by atoms with Crippen LogP contribution in [-0.2, 0) is 19.8 Å². The Morgan fingerprint density at radius 2 is 1.63 bits per heavy atom. The zero-order chi connectivity index (χ0) is 34.4. The van der Waals surface area contributed by atoms with Crippen LogP contribution in [0.2, 0.25) is 0 Å². The average molecular weight is 685 g/mol. The van der Waals surface area contributed by atoms with E-state index in [2.05, 4.69) is 32.1 Å². The van der Waals surface area contributed by atoms with Crippen LogP contribution in [0.25, 0.3) is 11.2 Å². The molecule has 0 saturated carbocycles. The van der Waals surface area contributed by atoms with Crippen molar-refractivity contribution < 1.29 is 23.7 Å². The highest BCUT2D eigenvalue weighted by Gasteiger charge is 2.43. The van der Waals surface area contributed by atoms with E-state index in [9.17, 15) is 4.79 Å². The van der Waals surface area contributed by atoms with Crippen molar-refractivity contribution in [2.45, 2.75) is 30.5 Å². The van der Waals surface area contributed by atoms with Crippen molar-refractivity contribution >= 4 is 35.2 Å². The molecule has 0 amide bonds. The second-order valence-corrected chi connectivity index (χ2v) is 12.5. The molecule has 5 aromatic rings. The number of aromatic amines is 1. The topological polar surface area (TPSA) is 125 Å². The molecule has 13 heteroatoms. The molecule has 0 radical (unpaired) electrons. The van der Waals surface area contributed by atoms with Crippen LogP contribution in [0.5, 0.6) is 11.5 Å². The Hall–Kier alpha value is -4.69. The van der Waals surface area contributed by atoms with E-state index in [-0.39, 0.29) is 29.7 Å². The first-order valence-electron chi connectivity index (χ1n) is 15.8. The largest absolute Gasteiger partial charge is 0.497 e. The summed E-state index contributed by atoms with van der Waals surface area (Å²) in [6, 6.07) is 25.9. The highest BCUT2D eigenvalue weighted by molar-refractivity contribution is 7.98. The van der Waals surface area contributed by atoms with Crippen LogP contribution in [0.3, 0.4) is 0 Å². The van der Waals surface area contributed by atoms with Gasteiger partial charge in [-0.1, -0.05) is 54.6 Å². The quantitative estimate of drug-likeness (QED) is 0.0708. The minimum atomic E-state index is -1.03. The summed E-state index contributed by atoms with van der Waals surface area (Å²) in [6.07, 6.45) is 4.33. The molecule has 1 aliphatic rings. The summed E-state index contributed by atoms with van der Waals surface area (Å²) >= 11 is 1.59. The summed E-state index contributed by atoms with van der Waals surface area (Å²) in [4.78, 5) is 30.6. The number of aromatic nitrogens is 4. The van der Waals surface area contributed by atoms with Crippen LogP contribution in [0.1, 0.15) is 29.3 Å². The standard InChI is InChI=1S/C36H40N6O6S/c1-41(2)21-38-35-39-33-32(34(43)40-35)37-22-42(33)31-19-29(46-23-49-5)30(48-31)20-47-36(24-9-7-6-8-10-24,25-11-15-27(44-3)16-12-25)26-13-17-28(45-4)18-14-26/h6-18,21-22,29-31H,19-20,23H2,1-5H3,(H,39,40,43)/t29?,30-,31-/m1/s1. The van der Waals surface area contributed by atoms with Gasteiger partial charge in [0.1, 0.15) is 29.4 Å². The monoisotopic (exact) mass is 684 g/mol. The number of methoxy groups -OCH3 is 2. The zero-order valence-corrected chi connectivity index (χ0v) is 28.9. The number of hydrogen-bond donors (Lipinski definition) is 1. The van der Waals surface area contributed by atoms with Crippen LogP contribution in [-0.4, -0.2) is 90.1 Å². The van der Waals surface area contributed by atoms with Gasteiger partial charge < -0.3 is 28.6 Å². The minimum Gasteiger partial charge on any atom is -0.497 e. The molecule has 6 rings (SSSR count). The third-order valence-corrected chi connectivity index (χ3v) is 8.73. The van der Waals surface area contributed by atoms with Gasteiger partial charge in [-0.2, -0.15) is 4.98 Å². The fourth-order valence-corrected chi connectivity index (χ4v) is 6.30. The Morgan fingerprint density at radius 1 is 1.00 bits per heavy atom. The van der Waals surface area contributed by atoms with E-state index >= 15 is 0 Å². The first kappa shape index (κ1) is 34.2. The number of fused-ring (bicyclic) bond motifs is 1. The molecule has 3 atom stereocenters. The van der Waals surface area contributed by atoms with Gasteiger partial charge in [-0.3, -0.25) is 14.3 Å². The van der Waals surface area contributed by atoms with Crippen LogP contribution in [0, 0.1) is 0 Å². The van der Waals surface area contributed by atoms with Gasteiger partial charge in [0.05, 0.1) is 45.5 Å². The third kappa shape index (κ3) is 7.20.